The predicted molar refractivity (Wildman–Crippen MR) is 56.0 cm³/mol. The van der Waals surface area contributed by atoms with Gasteiger partial charge in [0.05, 0.1) is 5.56 Å². The van der Waals surface area contributed by atoms with Crippen LogP contribution >= 0.6 is 11.6 Å². The lowest BCUT2D eigenvalue weighted by Gasteiger charge is -2.03. The highest BCUT2D eigenvalue weighted by Crippen LogP contribution is 2.27. The second kappa shape index (κ2) is 3.31. The third-order valence-electron chi connectivity index (χ3n) is 2.12. The summed E-state index contributed by atoms with van der Waals surface area (Å²) in [6.07, 6.45) is 0.633. The molecule has 70 valence electrons. The van der Waals surface area contributed by atoms with Gasteiger partial charge in [-0.15, -0.1) is 0 Å². The summed E-state index contributed by atoms with van der Waals surface area (Å²) in [4.78, 5) is 10.7. The van der Waals surface area contributed by atoms with E-state index in [-0.39, 0.29) is 11.3 Å². The van der Waals surface area contributed by atoms with Crippen molar-refractivity contribution in [3.8, 4) is 5.75 Å². The molecule has 0 heterocycles. The number of aldehydes is 1. The summed E-state index contributed by atoms with van der Waals surface area (Å²) in [7, 11) is 0. The van der Waals surface area contributed by atoms with Gasteiger partial charge in [0.2, 0.25) is 0 Å². The highest BCUT2D eigenvalue weighted by atomic mass is 35.5. The molecule has 0 unspecified atom stereocenters. The molecule has 0 bridgehead atoms. The van der Waals surface area contributed by atoms with Crippen LogP contribution in [0.3, 0.4) is 0 Å². The highest BCUT2D eigenvalue weighted by molar-refractivity contribution is 6.31. The Morgan fingerprint density at radius 3 is 2.64 bits per heavy atom. The van der Waals surface area contributed by atoms with Crippen LogP contribution in [0.25, 0.3) is 10.8 Å². The number of rotatable bonds is 1. The van der Waals surface area contributed by atoms with Crippen LogP contribution in [-0.4, -0.2) is 11.4 Å². The Kier molecular flexibility index (Phi) is 2.14. The number of phenols is 1. The van der Waals surface area contributed by atoms with Crippen molar-refractivity contribution >= 4 is 28.7 Å². The van der Waals surface area contributed by atoms with Crippen LogP contribution in [0.2, 0.25) is 5.02 Å². The minimum Gasteiger partial charge on any atom is -0.507 e. The van der Waals surface area contributed by atoms with Crippen molar-refractivity contribution in [1.82, 2.24) is 0 Å². The number of phenolic OH excluding ortho intramolecular Hbond substituents is 1. The molecule has 2 rings (SSSR count). The summed E-state index contributed by atoms with van der Waals surface area (Å²) in [6, 6.07) is 8.47. The molecule has 0 aliphatic carbocycles. The quantitative estimate of drug-likeness (QED) is 0.729. The van der Waals surface area contributed by atoms with E-state index in [1.54, 1.807) is 18.2 Å². The molecule has 0 atom stereocenters. The van der Waals surface area contributed by atoms with E-state index in [4.69, 9.17) is 11.6 Å². The van der Waals surface area contributed by atoms with Gasteiger partial charge in [-0.05, 0) is 29.0 Å². The van der Waals surface area contributed by atoms with Gasteiger partial charge < -0.3 is 5.11 Å². The van der Waals surface area contributed by atoms with Crippen molar-refractivity contribution in [2.45, 2.75) is 0 Å². The van der Waals surface area contributed by atoms with Gasteiger partial charge in [0, 0.05) is 5.02 Å². The van der Waals surface area contributed by atoms with Gasteiger partial charge in [-0.25, -0.2) is 0 Å². The smallest absolute Gasteiger partial charge is 0.154 e. The fraction of sp³-hybridized carbons (Fsp3) is 0. The molecule has 3 heteroatoms. The monoisotopic (exact) mass is 206 g/mol. The number of aromatic hydroxyl groups is 1. The van der Waals surface area contributed by atoms with Crippen molar-refractivity contribution in [3.63, 3.8) is 0 Å². The first-order valence-corrected chi connectivity index (χ1v) is 4.46. The van der Waals surface area contributed by atoms with Crippen molar-refractivity contribution < 1.29 is 9.90 Å². The molecule has 0 spiro atoms. The molecule has 1 N–H and O–H groups in total. The van der Waals surface area contributed by atoms with Gasteiger partial charge in [-0.1, -0.05) is 23.7 Å². The van der Waals surface area contributed by atoms with Crippen molar-refractivity contribution in [2.75, 3.05) is 0 Å². The van der Waals surface area contributed by atoms with Gasteiger partial charge in [0.25, 0.3) is 0 Å². The molecule has 2 aromatic rings. The summed E-state index contributed by atoms with van der Waals surface area (Å²) >= 11 is 5.80. The first kappa shape index (κ1) is 9.03. The number of benzene rings is 2. The van der Waals surface area contributed by atoms with Crippen molar-refractivity contribution in [1.29, 1.82) is 0 Å². The summed E-state index contributed by atoms with van der Waals surface area (Å²) in [5.41, 5.74) is 0.282. The standard InChI is InChI=1S/C11H7ClO2/c12-8-3-1-7-2-4-11(14)10(6-13)9(7)5-8/h1-6,14H. The highest BCUT2D eigenvalue weighted by Gasteiger charge is 2.05. The van der Waals surface area contributed by atoms with Gasteiger partial charge in [-0.3, -0.25) is 4.79 Å². The zero-order chi connectivity index (χ0) is 10.1. The molecule has 0 aliphatic heterocycles. The second-order valence-electron chi connectivity index (χ2n) is 2.98. The second-order valence-corrected chi connectivity index (χ2v) is 3.42. The minimum atomic E-state index is -0.0187. The molecular formula is C11H7ClO2. The van der Waals surface area contributed by atoms with E-state index in [1.165, 1.54) is 6.07 Å². The van der Waals surface area contributed by atoms with Crippen LogP contribution in [0.15, 0.2) is 30.3 Å². The third-order valence-corrected chi connectivity index (χ3v) is 2.36. The Balaban J connectivity index is 2.91. The SMILES string of the molecule is O=Cc1c(O)ccc2ccc(Cl)cc12. The lowest BCUT2D eigenvalue weighted by molar-refractivity contribution is 0.112. The van der Waals surface area contributed by atoms with E-state index in [2.05, 4.69) is 0 Å². The van der Waals surface area contributed by atoms with Gasteiger partial charge in [0.15, 0.2) is 6.29 Å². The van der Waals surface area contributed by atoms with E-state index < -0.39 is 0 Å². The van der Waals surface area contributed by atoms with E-state index in [0.717, 1.165) is 5.39 Å². The van der Waals surface area contributed by atoms with Crippen LogP contribution < -0.4 is 0 Å². The fourth-order valence-electron chi connectivity index (χ4n) is 1.43. The molecule has 0 saturated carbocycles. The first-order chi connectivity index (χ1) is 6.72. The third kappa shape index (κ3) is 1.34. The molecule has 0 aliphatic rings. The lowest BCUT2D eigenvalue weighted by Crippen LogP contribution is -1.84. The number of carbonyl (C=O) groups is 1. The maximum absolute atomic E-state index is 10.7. The topological polar surface area (TPSA) is 37.3 Å². The van der Waals surface area contributed by atoms with Crippen LogP contribution in [0.5, 0.6) is 5.75 Å². The molecule has 14 heavy (non-hydrogen) atoms. The summed E-state index contributed by atoms with van der Waals surface area (Å²) in [5.74, 6) is -0.0187. The Labute approximate surface area is 85.7 Å². The van der Waals surface area contributed by atoms with Gasteiger partial charge in [-0.2, -0.15) is 0 Å². The lowest BCUT2D eigenvalue weighted by atomic mass is 10.0. The van der Waals surface area contributed by atoms with Crippen molar-refractivity contribution in [3.05, 3.63) is 40.9 Å². The molecule has 2 nitrogen and oxygen atoms in total. The zero-order valence-electron chi connectivity index (χ0n) is 7.20. The first-order valence-electron chi connectivity index (χ1n) is 4.09. The molecule has 0 amide bonds. The average Bonchev–Trinajstić information content (AvgIpc) is 2.17. The Morgan fingerprint density at radius 2 is 1.93 bits per heavy atom. The fourth-order valence-corrected chi connectivity index (χ4v) is 1.60. The van der Waals surface area contributed by atoms with Gasteiger partial charge in [0.1, 0.15) is 5.75 Å². The summed E-state index contributed by atoms with van der Waals surface area (Å²) in [6.45, 7) is 0. The summed E-state index contributed by atoms with van der Waals surface area (Å²) < 4.78 is 0. The minimum absolute atomic E-state index is 0.0187. The summed E-state index contributed by atoms with van der Waals surface area (Å²) in [5, 5.41) is 11.5. The maximum atomic E-state index is 10.7. The Morgan fingerprint density at radius 1 is 1.21 bits per heavy atom. The largest absolute Gasteiger partial charge is 0.507 e. The van der Waals surface area contributed by atoms with Crippen molar-refractivity contribution in [2.24, 2.45) is 0 Å². The van der Waals surface area contributed by atoms with E-state index in [1.807, 2.05) is 6.07 Å². The molecule has 0 saturated heterocycles. The van der Waals surface area contributed by atoms with Crippen LogP contribution in [-0.2, 0) is 0 Å². The normalized spacial score (nSPS) is 10.4. The van der Waals surface area contributed by atoms with E-state index >= 15 is 0 Å². The molecule has 0 radical (unpaired) electrons. The molecule has 0 fully saturated rings. The van der Waals surface area contributed by atoms with Crippen LogP contribution in [0.1, 0.15) is 10.4 Å². The number of halogens is 1. The van der Waals surface area contributed by atoms with E-state index in [0.29, 0.717) is 16.7 Å². The number of fused-ring (bicyclic) bond motifs is 1. The number of carbonyl (C=O) groups excluding carboxylic acids is 1. The zero-order valence-corrected chi connectivity index (χ0v) is 7.95. The Bertz CT molecular complexity index is 501. The predicted octanol–water partition coefficient (Wildman–Crippen LogP) is 3.01. The Hall–Kier alpha value is -1.54. The average molecular weight is 207 g/mol. The van der Waals surface area contributed by atoms with Gasteiger partial charge >= 0.3 is 0 Å². The van der Waals surface area contributed by atoms with Crippen LogP contribution in [0, 0.1) is 0 Å². The maximum Gasteiger partial charge on any atom is 0.154 e. The van der Waals surface area contributed by atoms with Crippen LogP contribution in [0.4, 0.5) is 0 Å². The number of hydrogen-bond acceptors (Lipinski definition) is 2. The molecule has 2 aromatic carbocycles. The number of hydrogen-bond donors (Lipinski definition) is 1. The van der Waals surface area contributed by atoms with E-state index in [9.17, 15) is 9.90 Å². The molecular weight excluding hydrogens is 200 g/mol. The molecule has 0 aromatic heterocycles.